The van der Waals surface area contributed by atoms with Gasteiger partial charge in [-0.25, -0.2) is 0 Å². The minimum atomic E-state index is 0.193. The Hall–Kier alpha value is -0.570. The second-order valence-electron chi connectivity index (χ2n) is 6.31. The minimum Gasteiger partial charge on any atom is -0.356 e. The van der Waals surface area contributed by atoms with Gasteiger partial charge in [-0.15, -0.1) is 0 Å². The molecule has 3 nitrogen and oxygen atoms in total. The third-order valence-electron chi connectivity index (χ3n) is 4.71. The summed E-state index contributed by atoms with van der Waals surface area (Å²) in [5.74, 6) is 1.57. The van der Waals surface area contributed by atoms with Crippen LogP contribution in [0.5, 0.6) is 0 Å². The number of nitrogens with two attached hydrogens (primary N) is 1. The molecule has 4 atom stereocenters. The van der Waals surface area contributed by atoms with Crippen LogP contribution in [0.1, 0.15) is 65.7 Å². The highest BCUT2D eigenvalue weighted by Crippen LogP contribution is 2.28. The fourth-order valence-electron chi connectivity index (χ4n) is 2.99. The molecule has 0 spiro atoms. The highest BCUT2D eigenvalue weighted by atomic mass is 16.1. The van der Waals surface area contributed by atoms with Crippen LogP contribution in [0.3, 0.4) is 0 Å². The van der Waals surface area contributed by atoms with Gasteiger partial charge < -0.3 is 11.1 Å². The Morgan fingerprint density at radius 2 is 2.11 bits per heavy atom. The van der Waals surface area contributed by atoms with Crippen LogP contribution in [0.25, 0.3) is 0 Å². The van der Waals surface area contributed by atoms with E-state index in [0.29, 0.717) is 11.8 Å². The summed E-state index contributed by atoms with van der Waals surface area (Å²) >= 11 is 0. The second-order valence-corrected chi connectivity index (χ2v) is 6.31. The summed E-state index contributed by atoms with van der Waals surface area (Å²) < 4.78 is 0. The molecule has 0 aromatic rings. The minimum absolute atomic E-state index is 0.193. The predicted molar refractivity (Wildman–Crippen MR) is 80.8 cm³/mol. The summed E-state index contributed by atoms with van der Waals surface area (Å²) in [6, 6.07) is 0.289. The first-order valence-corrected chi connectivity index (χ1v) is 8.11. The van der Waals surface area contributed by atoms with E-state index in [0.717, 1.165) is 32.2 Å². The van der Waals surface area contributed by atoms with Gasteiger partial charge in [0.2, 0.25) is 5.91 Å². The van der Waals surface area contributed by atoms with Crippen LogP contribution < -0.4 is 11.1 Å². The fourth-order valence-corrected chi connectivity index (χ4v) is 2.99. The summed E-state index contributed by atoms with van der Waals surface area (Å²) in [6.07, 6.45) is 7.81. The highest BCUT2D eigenvalue weighted by Gasteiger charge is 2.29. The van der Waals surface area contributed by atoms with E-state index in [1.54, 1.807) is 0 Å². The largest absolute Gasteiger partial charge is 0.356 e. The number of nitrogens with one attached hydrogen (secondary N) is 1. The van der Waals surface area contributed by atoms with Gasteiger partial charge in [-0.2, -0.15) is 0 Å². The number of rotatable bonds is 7. The van der Waals surface area contributed by atoms with Gasteiger partial charge in [0.15, 0.2) is 0 Å². The molecule has 1 amide bonds. The van der Waals surface area contributed by atoms with Gasteiger partial charge >= 0.3 is 0 Å². The molecular weight excluding hydrogens is 236 g/mol. The Balaban J connectivity index is 2.30. The lowest BCUT2D eigenvalue weighted by molar-refractivity contribution is -0.126. The van der Waals surface area contributed by atoms with Crippen molar-refractivity contribution in [1.82, 2.24) is 5.32 Å². The van der Waals surface area contributed by atoms with E-state index in [-0.39, 0.29) is 17.9 Å². The molecule has 4 unspecified atom stereocenters. The van der Waals surface area contributed by atoms with Crippen LogP contribution in [0, 0.1) is 17.8 Å². The zero-order valence-corrected chi connectivity index (χ0v) is 13.0. The molecule has 1 rings (SSSR count). The molecule has 3 N–H and O–H groups in total. The van der Waals surface area contributed by atoms with Gasteiger partial charge in [0.1, 0.15) is 0 Å². The van der Waals surface area contributed by atoms with Crippen molar-refractivity contribution in [1.29, 1.82) is 0 Å². The lowest BCUT2D eigenvalue weighted by atomic mass is 9.79. The second kappa shape index (κ2) is 8.57. The molecule has 0 heterocycles. The molecular formula is C16H32N2O. The molecule has 0 aliphatic heterocycles. The van der Waals surface area contributed by atoms with Crippen molar-refractivity contribution in [2.24, 2.45) is 23.5 Å². The van der Waals surface area contributed by atoms with Crippen molar-refractivity contribution in [3.8, 4) is 0 Å². The molecule has 0 bridgehead atoms. The third kappa shape index (κ3) is 5.52. The standard InChI is InChI=1S/C16H32N2O/c1-4-6-7-13(5-2)11-18-16(19)14-8-9-15(17)12(3)10-14/h12-15H,4-11,17H2,1-3H3,(H,18,19). The van der Waals surface area contributed by atoms with Crippen molar-refractivity contribution in [2.45, 2.75) is 71.8 Å². The van der Waals surface area contributed by atoms with Gasteiger partial charge in [-0.1, -0.05) is 40.0 Å². The van der Waals surface area contributed by atoms with Crippen LogP contribution in [-0.4, -0.2) is 18.5 Å². The highest BCUT2D eigenvalue weighted by molar-refractivity contribution is 5.78. The van der Waals surface area contributed by atoms with Crippen LogP contribution in [0.15, 0.2) is 0 Å². The summed E-state index contributed by atoms with van der Waals surface area (Å²) in [5.41, 5.74) is 6.01. The topological polar surface area (TPSA) is 55.1 Å². The Kier molecular flexibility index (Phi) is 7.44. The normalized spacial score (nSPS) is 28.9. The SMILES string of the molecule is CCCCC(CC)CNC(=O)C1CCC(N)C(C)C1. The molecule has 1 aliphatic rings. The molecule has 3 heteroatoms. The molecule has 1 saturated carbocycles. The van der Waals surface area contributed by atoms with Crippen LogP contribution >= 0.6 is 0 Å². The smallest absolute Gasteiger partial charge is 0.223 e. The fraction of sp³-hybridized carbons (Fsp3) is 0.938. The van der Waals surface area contributed by atoms with Gasteiger partial charge in [0, 0.05) is 18.5 Å². The zero-order chi connectivity index (χ0) is 14.3. The van der Waals surface area contributed by atoms with Crippen molar-refractivity contribution >= 4 is 5.91 Å². The Morgan fingerprint density at radius 1 is 1.37 bits per heavy atom. The van der Waals surface area contributed by atoms with E-state index >= 15 is 0 Å². The summed E-state index contributed by atoms with van der Waals surface area (Å²) in [7, 11) is 0. The Morgan fingerprint density at radius 3 is 2.68 bits per heavy atom. The average molecular weight is 268 g/mol. The maximum Gasteiger partial charge on any atom is 0.223 e. The van der Waals surface area contributed by atoms with Crippen molar-refractivity contribution < 1.29 is 4.79 Å². The Bertz CT molecular complexity index is 267. The average Bonchev–Trinajstić information content (AvgIpc) is 2.41. The van der Waals surface area contributed by atoms with E-state index in [1.807, 2.05) is 0 Å². The number of amides is 1. The summed E-state index contributed by atoms with van der Waals surface area (Å²) in [4.78, 5) is 12.2. The Labute approximate surface area is 118 Å². The lowest BCUT2D eigenvalue weighted by Gasteiger charge is -2.31. The van der Waals surface area contributed by atoms with Crippen LogP contribution in [0.4, 0.5) is 0 Å². The van der Waals surface area contributed by atoms with Crippen molar-refractivity contribution in [3.63, 3.8) is 0 Å². The van der Waals surface area contributed by atoms with Crippen molar-refractivity contribution in [2.75, 3.05) is 6.54 Å². The summed E-state index contributed by atoms with van der Waals surface area (Å²) in [5, 5.41) is 3.17. The van der Waals surface area contributed by atoms with E-state index in [2.05, 4.69) is 26.1 Å². The lowest BCUT2D eigenvalue weighted by Crippen LogP contribution is -2.41. The summed E-state index contributed by atoms with van der Waals surface area (Å²) in [6.45, 7) is 7.46. The molecule has 0 saturated heterocycles. The first kappa shape index (κ1) is 16.5. The maximum atomic E-state index is 12.2. The van der Waals surface area contributed by atoms with Gasteiger partial charge in [0.25, 0.3) is 0 Å². The number of hydrogen-bond donors (Lipinski definition) is 2. The van der Waals surface area contributed by atoms with Gasteiger partial charge in [-0.3, -0.25) is 4.79 Å². The van der Waals surface area contributed by atoms with Crippen LogP contribution in [-0.2, 0) is 4.79 Å². The van der Waals surface area contributed by atoms with E-state index in [1.165, 1.54) is 19.3 Å². The molecule has 1 fully saturated rings. The monoisotopic (exact) mass is 268 g/mol. The van der Waals surface area contributed by atoms with E-state index in [9.17, 15) is 4.79 Å². The molecule has 0 aromatic heterocycles. The molecule has 0 aromatic carbocycles. The number of carbonyl (C=O) groups is 1. The predicted octanol–water partition coefficient (Wildman–Crippen LogP) is 3.08. The number of hydrogen-bond acceptors (Lipinski definition) is 2. The molecule has 0 radical (unpaired) electrons. The number of unbranched alkanes of at least 4 members (excludes halogenated alkanes) is 1. The van der Waals surface area contributed by atoms with Crippen LogP contribution in [0.2, 0.25) is 0 Å². The van der Waals surface area contributed by atoms with E-state index < -0.39 is 0 Å². The molecule has 19 heavy (non-hydrogen) atoms. The number of carbonyl (C=O) groups excluding carboxylic acids is 1. The van der Waals surface area contributed by atoms with Gasteiger partial charge in [0.05, 0.1) is 0 Å². The maximum absolute atomic E-state index is 12.2. The third-order valence-corrected chi connectivity index (χ3v) is 4.71. The molecule has 1 aliphatic carbocycles. The molecule has 112 valence electrons. The van der Waals surface area contributed by atoms with E-state index in [4.69, 9.17) is 5.73 Å². The first-order valence-electron chi connectivity index (χ1n) is 8.11. The van der Waals surface area contributed by atoms with Gasteiger partial charge in [-0.05, 0) is 37.5 Å². The first-order chi connectivity index (χ1) is 9.08. The zero-order valence-electron chi connectivity index (χ0n) is 13.0. The van der Waals surface area contributed by atoms with Crippen molar-refractivity contribution in [3.05, 3.63) is 0 Å². The quantitative estimate of drug-likeness (QED) is 0.745.